The second kappa shape index (κ2) is 7.24. The van der Waals surface area contributed by atoms with Crippen LogP contribution in [0, 0.1) is 11.8 Å². The Balaban J connectivity index is 1.82. The van der Waals surface area contributed by atoms with Gasteiger partial charge >= 0.3 is 0 Å². The van der Waals surface area contributed by atoms with Crippen LogP contribution in [0.4, 0.5) is 0 Å². The zero-order valence-electron chi connectivity index (χ0n) is 10.3. The van der Waals surface area contributed by atoms with Crippen LogP contribution in [0.1, 0.15) is 52.4 Å². The largest absolute Gasteiger partial charge is 0.396 e. The normalized spacial score (nSPS) is 25.6. The lowest BCUT2D eigenvalue weighted by atomic mass is 9.74. The van der Waals surface area contributed by atoms with E-state index in [1.54, 1.807) is 0 Å². The third kappa shape index (κ3) is 4.98. The van der Waals surface area contributed by atoms with E-state index in [2.05, 4.69) is 19.2 Å². The molecule has 0 atom stereocenters. The Hall–Kier alpha value is -0.0800. The molecule has 0 aromatic heterocycles. The highest BCUT2D eigenvalue weighted by atomic mass is 16.2. The van der Waals surface area contributed by atoms with Gasteiger partial charge in [-0.05, 0) is 44.1 Å². The minimum atomic E-state index is 0.353. The zero-order valence-corrected chi connectivity index (χ0v) is 10.3. The number of aliphatic hydroxyl groups is 1. The van der Waals surface area contributed by atoms with Crippen LogP contribution in [-0.2, 0) is 0 Å². The van der Waals surface area contributed by atoms with Crippen molar-refractivity contribution in [3.05, 3.63) is 0 Å². The van der Waals surface area contributed by atoms with E-state index in [-0.39, 0.29) is 0 Å². The maximum Gasteiger partial charge on any atom is 0.0431 e. The molecular weight excluding hydrogens is 186 g/mol. The molecule has 0 unspecified atom stereocenters. The molecule has 1 fully saturated rings. The SMILES string of the molecule is CC(C)C1CC(NCCCCCCO)C1. The van der Waals surface area contributed by atoms with E-state index in [1.807, 2.05) is 0 Å². The van der Waals surface area contributed by atoms with Crippen molar-refractivity contribution in [1.29, 1.82) is 0 Å². The van der Waals surface area contributed by atoms with Gasteiger partial charge in [0.25, 0.3) is 0 Å². The van der Waals surface area contributed by atoms with Crippen molar-refractivity contribution in [2.24, 2.45) is 11.8 Å². The van der Waals surface area contributed by atoms with Crippen LogP contribution >= 0.6 is 0 Å². The fraction of sp³-hybridized carbons (Fsp3) is 1.00. The van der Waals surface area contributed by atoms with Gasteiger partial charge in [-0.3, -0.25) is 0 Å². The smallest absolute Gasteiger partial charge is 0.0431 e. The number of hydrogen-bond acceptors (Lipinski definition) is 2. The molecule has 0 spiro atoms. The van der Waals surface area contributed by atoms with E-state index in [9.17, 15) is 0 Å². The number of nitrogens with one attached hydrogen (secondary N) is 1. The van der Waals surface area contributed by atoms with Gasteiger partial charge in [0.1, 0.15) is 0 Å². The third-order valence-electron chi connectivity index (χ3n) is 3.64. The van der Waals surface area contributed by atoms with Gasteiger partial charge in [0.05, 0.1) is 0 Å². The van der Waals surface area contributed by atoms with Crippen molar-refractivity contribution in [2.45, 2.75) is 58.4 Å². The van der Waals surface area contributed by atoms with E-state index in [0.717, 1.165) is 24.3 Å². The Labute approximate surface area is 94.5 Å². The number of rotatable bonds is 8. The van der Waals surface area contributed by atoms with Crippen LogP contribution in [0.5, 0.6) is 0 Å². The molecule has 0 bridgehead atoms. The van der Waals surface area contributed by atoms with Crippen molar-refractivity contribution >= 4 is 0 Å². The van der Waals surface area contributed by atoms with Gasteiger partial charge in [-0.2, -0.15) is 0 Å². The Morgan fingerprint density at radius 2 is 1.80 bits per heavy atom. The molecule has 0 amide bonds. The molecule has 0 saturated heterocycles. The van der Waals surface area contributed by atoms with Crippen molar-refractivity contribution in [2.75, 3.05) is 13.2 Å². The van der Waals surface area contributed by atoms with Gasteiger partial charge in [-0.1, -0.05) is 26.7 Å². The van der Waals surface area contributed by atoms with Crippen LogP contribution in [-0.4, -0.2) is 24.3 Å². The fourth-order valence-electron chi connectivity index (χ4n) is 2.27. The highest BCUT2D eigenvalue weighted by Crippen LogP contribution is 2.33. The first-order valence-electron chi connectivity index (χ1n) is 6.58. The summed E-state index contributed by atoms with van der Waals surface area (Å²) in [7, 11) is 0. The number of aliphatic hydroxyl groups excluding tert-OH is 1. The maximum atomic E-state index is 8.62. The number of hydrogen-bond donors (Lipinski definition) is 2. The van der Waals surface area contributed by atoms with E-state index in [4.69, 9.17) is 5.11 Å². The third-order valence-corrected chi connectivity index (χ3v) is 3.64. The average Bonchev–Trinajstić information content (AvgIpc) is 2.12. The van der Waals surface area contributed by atoms with Gasteiger partial charge < -0.3 is 10.4 Å². The van der Waals surface area contributed by atoms with E-state index < -0.39 is 0 Å². The Kier molecular flexibility index (Phi) is 6.26. The molecule has 0 aromatic carbocycles. The monoisotopic (exact) mass is 213 g/mol. The molecule has 90 valence electrons. The first-order chi connectivity index (χ1) is 7.24. The van der Waals surface area contributed by atoms with E-state index in [0.29, 0.717) is 6.61 Å². The molecule has 1 aliphatic carbocycles. The van der Waals surface area contributed by atoms with Gasteiger partial charge in [-0.25, -0.2) is 0 Å². The predicted octanol–water partition coefficient (Wildman–Crippen LogP) is 2.56. The molecule has 0 radical (unpaired) electrons. The molecule has 1 saturated carbocycles. The fourth-order valence-corrected chi connectivity index (χ4v) is 2.27. The van der Waals surface area contributed by atoms with Crippen molar-refractivity contribution in [3.63, 3.8) is 0 Å². The van der Waals surface area contributed by atoms with E-state index >= 15 is 0 Å². The van der Waals surface area contributed by atoms with E-state index in [1.165, 1.54) is 38.6 Å². The summed E-state index contributed by atoms with van der Waals surface area (Å²) in [6.07, 6.45) is 7.44. The first kappa shape index (κ1) is 13.0. The zero-order chi connectivity index (χ0) is 11.1. The minimum Gasteiger partial charge on any atom is -0.396 e. The highest BCUT2D eigenvalue weighted by molar-refractivity contribution is 4.86. The first-order valence-corrected chi connectivity index (χ1v) is 6.58. The maximum absolute atomic E-state index is 8.62. The lowest BCUT2D eigenvalue weighted by molar-refractivity contribution is 0.168. The van der Waals surface area contributed by atoms with Crippen molar-refractivity contribution < 1.29 is 5.11 Å². The molecule has 0 aromatic rings. The van der Waals surface area contributed by atoms with Crippen LogP contribution < -0.4 is 5.32 Å². The van der Waals surface area contributed by atoms with Crippen LogP contribution in [0.15, 0.2) is 0 Å². The molecule has 1 aliphatic rings. The quantitative estimate of drug-likeness (QED) is 0.607. The predicted molar refractivity (Wildman–Crippen MR) is 64.9 cm³/mol. The van der Waals surface area contributed by atoms with Gasteiger partial charge in [0.15, 0.2) is 0 Å². The topological polar surface area (TPSA) is 32.3 Å². The summed E-state index contributed by atoms with van der Waals surface area (Å²) in [6.45, 7) is 6.18. The molecule has 15 heavy (non-hydrogen) atoms. The molecule has 2 nitrogen and oxygen atoms in total. The summed E-state index contributed by atoms with van der Waals surface area (Å²) >= 11 is 0. The highest BCUT2D eigenvalue weighted by Gasteiger charge is 2.30. The summed E-state index contributed by atoms with van der Waals surface area (Å²) in [5, 5.41) is 12.2. The summed E-state index contributed by atoms with van der Waals surface area (Å²) in [5.74, 6) is 1.84. The van der Waals surface area contributed by atoms with Crippen LogP contribution in [0.25, 0.3) is 0 Å². The summed E-state index contributed by atoms with van der Waals surface area (Å²) in [4.78, 5) is 0. The standard InChI is InChI=1S/C13H27NO/c1-11(2)12-9-13(10-12)14-7-5-3-4-6-8-15/h11-15H,3-10H2,1-2H3. The van der Waals surface area contributed by atoms with Crippen LogP contribution in [0.3, 0.4) is 0 Å². The second-order valence-electron chi connectivity index (χ2n) is 5.26. The van der Waals surface area contributed by atoms with Crippen LogP contribution in [0.2, 0.25) is 0 Å². The Bertz CT molecular complexity index is 153. The van der Waals surface area contributed by atoms with Gasteiger partial charge in [0.2, 0.25) is 0 Å². The molecule has 2 heteroatoms. The molecule has 0 aliphatic heterocycles. The molecular formula is C13H27NO. The lowest BCUT2D eigenvalue weighted by Gasteiger charge is -2.38. The van der Waals surface area contributed by atoms with Gasteiger partial charge in [0, 0.05) is 12.6 Å². The van der Waals surface area contributed by atoms with Gasteiger partial charge in [-0.15, -0.1) is 0 Å². The number of unbranched alkanes of at least 4 members (excludes halogenated alkanes) is 3. The average molecular weight is 213 g/mol. The molecule has 1 rings (SSSR count). The summed E-state index contributed by atoms with van der Waals surface area (Å²) in [5.41, 5.74) is 0. The Morgan fingerprint density at radius 3 is 2.40 bits per heavy atom. The van der Waals surface area contributed by atoms with Crippen molar-refractivity contribution in [1.82, 2.24) is 5.32 Å². The summed E-state index contributed by atoms with van der Waals surface area (Å²) < 4.78 is 0. The molecule has 0 heterocycles. The second-order valence-corrected chi connectivity index (χ2v) is 5.26. The lowest BCUT2D eigenvalue weighted by Crippen LogP contribution is -2.43. The summed E-state index contributed by atoms with van der Waals surface area (Å²) in [6, 6.07) is 0.801. The minimum absolute atomic E-state index is 0.353. The Morgan fingerprint density at radius 1 is 1.13 bits per heavy atom. The van der Waals surface area contributed by atoms with Crippen molar-refractivity contribution in [3.8, 4) is 0 Å². The molecule has 2 N–H and O–H groups in total.